The summed E-state index contributed by atoms with van der Waals surface area (Å²) in [7, 11) is 9.81. The third-order valence-corrected chi connectivity index (χ3v) is 9.97. The van der Waals surface area contributed by atoms with E-state index in [1.165, 1.54) is 11.1 Å². The molecule has 0 aliphatic carbocycles. The normalized spacial score (nSPS) is 17.5. The maximum atomic E-state index is 11.6. The van der Waals surface area contributed by atoms with Crippen molar-refractivity contribution >= 4 is 0 Å². The first-order valence-electron chi connectivity index (χ1n) is 15.6. The Morgan fingerprint density at radius 1 is 0.750 bits per heavy atom. The van der Waals surface area contributed by atoms with E-state index < -0.39 is 0 Å². The van der Waals surface area contributed by atoms with Gasteiger partial charge in [0.25, 0.3) is 0 Å². The number of benzene rings is 4. The van der Waals surface area contributed by atoms with E-state index in [9.17, 15) is 10.2 Å². The highest BCUT2D eigenvalue weighted by atomic mass is 35.5. The van der Waals surface area contributed by atoms with Crippen molar-refractivity contribution in [2.24, 2.45) is 0 Å². The van der Waals surface area contributed by atoms with E-state index >= 15 is 0 Å². The molecule has 2 atom stereocenters. The van der Waals surface area contributed by atoms with Crippen LogP contribution in [0, 0.1) is 0 Å². The number of fused-ring (bicyclic) bond motifs is 5. The highest BCUT2D eigenvalue weighted by molar-refractivity contribution is 5.61. The van der Waals surface area contributed by atoms with Gasteiger partial charge in [0, 0.05) is 25.4 Å². The first-order valence-corrected chi connectivity index (χ1v) is 15.6. The standard InChI is InChI=1S/C37H40N2O6.2ClH.5H2O/c1-38-13-11-24-19-32(42-4)33-21-27(24)28(38)16-22-7-6-8-26(15-22)44-37-35-25(20-34(43-5)36(37)41)12-14-39(2,3)29(35)17-23-9-10-30(40)31(18-23)45-33;;;;;;;/h6-10,15,18-21,28-29H,11-14,16-17H2,1-5H3,(H-,40,41);2*1H;5*1H2/p-1/t28-,29+;;;;;;;/m0......./s1. The van der Waals surface area contributed by atoms with Gasteiger partial charge in [-0.1, -0.05) is 18.2 Å². The molecule has 0 unspecified atom stereocenters. The largest absolute Gasteiger partial charge is 1.00 e. The topological polar surface area (TPSA) is 238 Å². The number of aromatic hydroxyl groups is 2. The summed E-state index contributed by atoms with van der Waals surface area (Å²) in [6.07, 6.45) is 3.11. The highest BCUT2D eigenvalue weighted by Crippen LogP contribution is 2.51. The molecular weight excluding hydrogens is 719 g/mol. The van der Waals surface area contributed by atoms with Crippen LogP contribution < -0.4 is 43.8 Å². The van der Waals surface area contributed by atoms with E-state index in [4.69, 9.17) is 18.9 Å². The van der Waals surface area contributed by atoms with Gasteiger partial charge < -0.3 is 85.8 Å². The Morgan fingerprint density at radius 2 is 1.42 bits per heavy atom. The van der Waals surface area contributed by atoms with E-state index in [0.717, 1.165) is 54.6 Å². The molecule has 0 fully saturated rings. The lowest BCUT2D eigenvalue weighted by molar-refractivity contribution is -0.923. The van der Waals surface area contributed by atoms with Crippen molar-refractivity contribution in [1.82, 2.24) is 4.90 Å². The molecule has 52 heavy (non-hydrogen) atoms. The van der Waals surface area contributed by atoms with Crippen LogP contribution in [0.3, 0.4) is 0 Å². The molecule has 15 heteroatoms. The minimum Gasteiger partial charge on any atom is -1.00 e. The molecule has 0 saturated heterocycles. The van der Waals surface area contributed by atoms with Crippen molar-refractivity contribution in [1.29, 1.82) is 0 Å². The summed E-state index contributed by atoms with van der Waals surface area (Å²) in [6.45, 7) is 1.82. The number of hydrogen-bond acceptors (Lipinski definition) is 7. The average molecular weight is 771 g/mol. The fourth-order valence-corrected chi connectivity index (χ4v) is 7.31. The van der Waals surface area contributed by atoms with Crippen molar-refractivity contribution in [3.05, 3.63) is 94.0 Å². The molecule has 3 heterocycles. The SMILES string of the molecule is COc1cc2c3cc1Oc1cc(ccc1O)C[C@@H]1c4c(cc(OC)c(O)c4Oc4cccc(c4)C[C@@H]3N(C)CC2)CC[N+]1(C)C.O.O.O.O.O.[Cl-].[Cl-]. The van der Waals surface area contributed by atoms with Gasteiger partial charge in [0.15, 0.2) is 34.5 Å². The van der Waals surface area contributed by atoms with Gasteiger partial charge in [-0.05, 0) is 90.2 Å². The molecule has 4 aromatic rings. The molecule has 0 aromatic heterocycles. The number of halogens is 2. The van der Waals surface area contributed by atoms with Crippen LogP contribution in [-0.2, 0) is 25.7 Å². The van der Waals surface area contributed by atoms with E-state index in [0.29, 0.717) is 45.4 Å². The summed E-state index contributed by atoms with van der Waals surface area (Å²) in [5.41, 5.74) is 6.59. The summed E-state index contributed by atoms with van der Waals surface area (Å²) >= 11 is 0. The molecule has 0 amide bonds. The predicted molar refractivity (Wildman–Crippen MR) is 190 cm³/mol. The predicted octanol–water partition coefficient (Wildman–Crippen LogP) is -3.41. The second-order valence-electron chi connectivity index (χ2n) is 13.1. The lowest BCUT2D eigenvalue weighted by Gasteiger charge is -2.43. The summed E-state index contributed by atoms with van der Waals surface area (Å²) in [4.78, 5) is 2.37. The van der Waals surface area contributed by atoms with Gasteiger partial charge in [-0.15, -0.1) is 0 Å². The molecule has 0 saturated carbocycles. The smallest absolute Gasteiger partial charge is 0.201 e. The minimum absolute atomic E-state index is 0. The lowest BCUT2D eigenvalue weighted by atomic mass is 9.86. The lowest BCUT2D eigenvalue weighted by Crippen LogP contribution is -3.00. The van der Waals surface area contributed by atoms with Crippen LogP contribution in [0.25, 0.3) is 0 Å². The van der Waals surface area contributed by atoms with Gasteiger partial charge >= 0.3 is 0 Å². The fraction of sp³-hybridized carbons (Fsp3) is 0.351. The number of nitrogens with zero attached hydrogens (tertiary/aromatic N) is 2. The van der Waals surface area contributed by atoms with Gasteiger partial charge in [-0.25, -0.2) is 0 Å². The molecule has 12 N–H and O–H groups in total. The number of ether oxygens (including phenoxy) is 4. The first-order chi connectivity index (χ1) is 21.6. The van der Waals surface area contributed by atoms with E-state index in [-0.39, 0.29) is 75.8 Å². The molecule has 3 aliphatic rings. The Hall–Kier alpha value is -4.02. The highest BCUT2D eigenvalue weighted by Gasteiger charge is 2.41. The summed E-state index contributed by atoms with van der Waals surface area (Å²) < 4.78 is 25.3. The molecule has 0 radical (unpaired) electrons. The number of hydrogen-bond donors (Lipinski definition) is 2. The molecule has 6 bridgehead atoms. The maximum Gasteiger partial charge on any atom is 0.201 e. The number of phenolic OH excluding ortho intramolecular Hbond substituents is 2. The Bertz CT molecular complexity index is 1810. The van der Waals surface area contributed by atoms with Crippen molar-refractivity contribution in [2.45, 2.75) is 37.8 Å². The van der Waals surface area contributed by atoms with Crippen LogP contribution in [0.4, 0.5) is 0 Å². The zero-order valence-electron chi connectivity index (χ0n) is 29.8. The molecule has 3 aliphatic heterocycles. The summed E-state index contributed by atoms with van der Waals surface area (Å²) in [6, 6.07) is 19.8. The van der Waals surface area contributed by atoms with Crippen molar-refractivity contribution in [2.75, 3.05) is 48.5 Å². The Balaban J connectivity index is 0.00000372. The van der Waals surface area contributed by atoms with Crippen molar-refractivity contribution in [3.63, 3.8) is 0 Å². The zero-order valence-corrected chi connectivity index (χ0v) is 31.4. The second kappa shape index (κ2) is 18.6. The van der Waals surface area contributed by atoms with Crippen LogP contribution >= 0.6 is 0 Å². The minimum atomic E-state index is -0.0515. The van der Waals surface area contributed by atoms with Crippen molar-refractivity contribution < 1.29 is 85.8 Å². The second-order valence-corrected chi connectivity index (χ2v) is 13.1. The van der Waals surface area contributed by atoms with Gasteiger partial charge in [0.1, 0.15) is 11.8 Å². The number of methoxy groups -OCH3 is 2. The van der Waals surface area contributed by atoms with Crippen LogP contribution in [0.2, 0.25) is 0 Å². The van der Waals surface area contributed by atoms with E-state index in [1.54, 1.807) is 20.3 Å². The number of quaternary nitrogens is 1. The summed E-state index contributed by atoms with van der Waals surface area (Å²) in [5.74, 6) is 3.16. The van der Waals surface area contributed by atoms with Crippen LogP contribution in [0.5, 0.6) is 46.0 Å². The third kappa shape index (κ3) is 8.60. The molecule has 7 rings (SSSR count). The van der Waals surface area contributed by atoms with E-state index in [1.807, 2.05) is 30.3 Å². The van der Waals surface area contributed by atoms with E-state index in [2.05, 4.69) is 50.3 Å². The quantitative estimate of drug-likeness (QED) is 0.196. The fourth-order valence-electron chi connectivity index (χ4n) is 7.31. The number of phenols is 2. The van der Waals surface area contributed by atoms with Gasteiger partial charge in [-0.2, -0.15) is 0 Å². The first kappa shape index (κ1) is 48.0. The average Bonchev–Trinajstić information content (AvgIpc) is 3.02. The molecule has 13 nitrogen and oxygen atoms in total. The van der Waals surface area contributed by atoms with Gasteiger partial charge in [0.05, 0.1) is 40.4 Å². The van der Waals surface area contributed by atoms with Crippen LogP contribution in [0.15, 0.2) is 60.7 Å². The summed E-state index contributed by atoms with van der Waals surface area (Å²) in [5, 5.41) is 22.5. The molecule has 290 valence electrons. The van der Waals surface area contributed by atoms with Crippen molar-refractivity contribution in [3.8, 4) is 46.0 Å². The van der Waals surface area contributed by atoms with Gasteiger partial charge in [-0.3, -0.25) is 4.90 Å². The number of rotatable bonds is 2. The Morgan fingerprint density at radius 3 is 2.12 bits per heavy atom. The van der Waals surface area contributed by atoms with Gasteiger partial charge in [0.2, 0.25) is 5.75 Å². The zero-order chi connectivity index (χ0) is 31.5. The Labute approximate surface area is 316 Å². The molecular formula is C37H51Cl2N2O11-. The Kier molecular flexibility index (Phi) is 17.2. The molecule has 4 aromatic carbocycles. The molecule has 0 spiro atoms. The van der Waals surface area contributed by atoms with Crippen LogP contribution in [0.1, 0.15) is 45.5 Å². The van der Waals surface area contributed by atoms with Crippen LogP contribution in [-0.4, -0.2) is 95.4 Å². The third-order valence-electron chi connectivity index (χ3n) is 9.97. The monoisotopic (exact) mass is 769 g/mol. The number of likely N-dealkylation sites (N-methyl/N-ethyl adjacent to an activating group) is 2. The maximum absolute atomic E-state index is 11.6.